The molecule has 5 heteroatoms. The van der Waals surface area contributed by atoms with E-state index in [9.17, 15) is 9.59 Å². The number of carbonyl (C=O) groups is 2. The summed E-state index contributed by atoms with van der Waals surface area (Å²) in [5.74, 6) is -0.319. The molecule has 0 N–H and O–H groups in total. The fraction of sp³-hybridized carbons (Fsp3) is 0.500. The van der Waals surface area contributed by atoms with Crippen LogP contribution in [-0.4, -0.2) is 28.6 Å². The quantitative estimate of drug-likeness (QED) is 0.541. The highest BCUT2D eigenvalue weighted by atomic mass is 16.5. The Kier molecular flexibility index (Phi) is 4.03. The van der Waals surface area contributed by atoms with E-state index in [2.05, 4.69) is 5.10 Å². The molecular formula is C10H14N2O3. The number of hydrogen-bond acceptors (Lipinski definition) is 4. The Morgan fingerprint density at radius 2 is 2.40 bits per heavy atom. The largest absolute Gasteiger partial charge is 0.464 e. The maximum absolute atomic E-state index is 11.5. The summed E-state index contributed by atoms with van der Waals surface area (Å²) < 4.78 is 6.36. The lowest BCUT2D eigenvalue weighted by atomic mass is 10.2. The molecule has 1 atom stereocenters. The van der Waals surface area contributed by atoms with Crippen molar-refractivity contribution in [3.63, 3.8) is 0 Å². The van der Waals surface area contributed by atoms with Crippen LogP contribution in [0.15, 0.2) is 12.3 Å². The molecule has 0 aliphatic heterocycles. The molecule has 1 heterocycles. The van der Waals surface area contributed by atoms with E-state index in [0.29, 0.717) is 25.0 Å². The zero-order valence-corrected chi connectivity index (χ0v) is 8.84. The molecule has 0 saturated carbocycles. The van der Waals surface area contributed by atoms with Crippen LogP contribution in [-0.2, 0) is 9.53 Å². The van der Waals surface area contributed by atoms with Gasteiger partial charge in [0.05, 0.1) is 6.61 Å². The van der Waals surface area contributed by atoms with E-state index in [1.54, 1.807) is 19.2 Å². The molecule has 82 valence electrons. The number of nitrogens with zero attached hydrogens (tertiary/aromatic N) is 2. The fourth-order valence-electron chi connectivity index (χ4n) is 1.29. The second-order valence-corrected chi connectivity index (χ2v) is 3.01. The van der Waals surface area contributed by atoms with E-state index in [0.717, 1.165) is 0 Å². The summed E-state index contributed by atoms with van der Waals surface area (Å²) in [7, 11) is 0. The molecule has 1 aromatic heterocycles. The summed E-state index contributed by atoms with van der Waals surface area (Å²) in [6.45, 7) is 3.96. The van der Waals surface area contributed by atoms with Crippen molar-refractivity contribution in [1.29, 1.82) is 0 Å². The molecule has 0 bridgehead atoms. The van der Waals surface area contributed by atoms with Crippen LogP contribution >= 0.6 is 0 Å². The van der Waals surface area contributed by atoms with Gasteiger partial charge < -0.3 is 4.74 Å². The number of hydrogen-bond donors (Lipinski definition) is 0. The Labute approximate surface area is 88.0 Å². The second-order valence-electron chi connectivity index (χ2n) is 3.01. The van der Waals surface area contributed by atoms with E-state index in [-0.39, 0.29) is 5.97 Å². The van der Waals surface area contributed by atoms with Crippen LogP contribution in [0.2, 0.25) is 0 Å². The first-order valence-corrected chi connectivity index (χ1v) is 4.89. The van der Waals surface area contributed by atoms with Gasteiger partial charge in [-0.1, -0.05) is 6.92 Å². The van der Waals surface area contributed by atoms with E-state index >= 15 is 0 Å². The zero-order chi connectivity index (χ0) is 11.3. The number of esters is 1. The number of aldehydes is 1. The van der Waals surface area contributed by atoms with Crippen molar-refractivity contribution in [3.05, 3.63) is 18.0 Å². The van der Waals surface area contributed by atoms with Gasteiger partial charge in [0.25, 0.3) is 0 Å². The Morgan fingerprint density at radius 3 is 2.87 bits per heavy atom. The molecule has 0 saturated heterocycles. The van der Waals surface area contributed by atoms with E-state index in [4.69, 9.17) is 4.74 Å². The molecule has 0 aliphatic rings. The summed E-state index contributed by atoms with van der Waals surface area (Å²) in [6.07, 6.45) is 2.84. The van der Waals surface area contributed by atoms with Crippen LogP contribution in [0.4, 0.5) is 0 Å². The topological polar surface area (TPSA) is 61.2 Å². The molecule has 0 amide bonds. The minimum absolute atomic E-state index is 0.317. The van der Waals surface area contributed by atoms with Crippen molar-refractivity contribution in [2.24, 2.45) is 0 Å². The van der Waals surface area contributed by atoms with Gasteiger partial charge in [-0.15, -0.1) is 0 Å². The van der Waals surface area contributed by atoms with Crippen molar-refractivity contribution >= 4 is 12.3 Å². The molecule has 1 aromatic rings. The van der Waals surface area contributed by atoms with Gasteiger partial charge in [-0.2, -0.15) is 5.10 Å². The lowest BCUT2D eigenvalue weighted by Gasteiger charge is -2.13. The molecule has 0 aromatic carbocycles. The Morgan fingerprint density at radius 1 is 1.67 bits per heavy atom. The standard InChI is InChI=1S/C10H14N2O3/c1-3-9(10(14)15-4-2)12-6-5-8(7-13)11-12/h5-7,9H,3-4H2,1-2H3. The molecule has 15 heavy (non-hydrogen) atoms. The predicted molar refractivity (Wildman–Crippen MR) is 53.6 cm³/mol. The number of carbonyl (C=O) groups excluding carboxylic acids is 2. The Bertz CT molecular complexity index is 346. The molecule has 0 spiro atoms. The average Bonchev–Trinajstić information content (AvgIpc) is 2.68. The first-order chi connectivity index (χ1) is 7.22. The van der Waals surface area contributed by atoms with Crippen molar-refractivity contribution in [2.45, 2.75) is 26.3 Å². The minimum Gasteiger partial charge on any atom is -0.464 e. The molecule has 1 rings (SSSR count). The van der Waals surface area contributed by atoms with Gasteiger partial charge in [-0.3, -0.25) is 9.48 Å². The van der Waals surface area contributed by atoms with Crippen molar-refractivity contribution in [3.8, 4) is 0 Å². The van der Waals surface area contributed by atoms with Crippen LogP contribution in [0.3, 0.4) is 0 Å². The van der Waals surface area contributed by atoms with Crippen LogP contribution in [0.1, 0.15) is 36.8 Å². The van der Waals surface area contributed by atoms with Gasteiger partial charge in [0, 0.05) is 6.20 Å². The lowest BCUT2D eigenvalue weighted by Crippen LogP contribution is -2.22. The minimum atomic E-state index is -0.446. The number of aromatic nitrogens is 2. The average molecular weight is 210 g/mol. The number of ether oxygens (including phenoxy) is 1. The molecule has 1 unspecified atom stereocenters. The first kappa shape index (κ1) is 11.4. The smallest absolute Gasteiger partial charge is 0.330 e. The summed E-state index contributed by atoms with van der Waals surface area (Å²) in [4.78, 5) is 21.9. The fourth-order valence-corrected chi connectivity index (χ4v) is 1.29. The third-order valence-electron chi connectivity index (χ3n) is 2.01. The van der Waals surface area contributed by atoms with E-state index in [1.807, 2.05) is 6.92 Å². The molecule has 0 fully saturated rings. The van der Waals surface area contributed by atoms with Gasteiger partial charge in [0.2, 0.25) is 0 Å². The highest BCUT2D eigenvalue weighted by Crippen LogP contribution is 2.12. The molecule has 5 nitrogen and oxygen atoms in total. The van der Waals surface area contributed by atoms with Gasteiger partial charge in [0.15, 0.2) is 6.29 Å². The zero-order valence-electron chi connectivity index (χ0n) is 8.84. The lowest BCUT2D eigenvalue weighted by molar-refractivity contribution is -0.147. The maximum Gasteiger partial charge on any atom is 0.330 e. The first-order valence-electron chi connectivity index (χ1n) is 4.89. The van der Waals surface area contributed by atoms with E-state index < -0.39 is 6.04 Å². The highest BCUT2D eigenvalue weighted by molar-refractivity contribution is 5.75. The summed E-state index contributed by atoms with van der Waals surface area (Å²) in [6, 6.07) is 1.12. The SMILES string of the molecule is CCOC(=O)C(CC)n1ccc(C=O)n1. The normalized spacial score (nSPS) is 12.1. The summed E-state index contributed by atoms with van der Waals surface area (Å²) in [5, 5.41) is 3.95. The Balaban J connectivity index is 2.81. The van der Waals surface area contributed by atoms with Crippen LogP contribution in [0.25, 0.3) is 0 Å². The third kappa shape index (κ3) is 2.65. The van der Waals surface area contributed by atoms with Gasteiger partial charge >= 0.3 is 5.97 Å². The number of rotatable bonds is 5. The van der Waals surface area contributed by atoms with Crippen LogP contribution in [0, 0.1) is 0 Å². The van der Waals surface area contributed by atoms with Gasteiger partial charge in [-0.25, -0.2) is 4.79 Å². The summed E-state index contributed by atoms with van der Waals surface area (Å²) >= 11 is 0. The predicted octanol–water partition coefficient (Wildman–Crippen LogP) is 1.21. The molecule has 0 radical (unpaired) electrons. The van der Waals surface area contributed by atoms with Crippen molar-refractivity contribution in [1.82, 2.24) is 9.78 Å². The van der Waals surface area contributed by atoms with Crippen molar-refractivity contribution in [2.75, 3.05) is 6.61 Å². The summed E-state index contributed by atoms with van der Waals surface area (Å²) in [5.41, 5.74) is 0.317. The van der Waals surface area contributed by atoms with Crippen molar-refractivity contribution < 1.29 is 14.3 Å². The monoisotopic (exact) mass is 210 g/mol. The van der Waals surface area contributed by atoms with Gasteiger partial charge in [-0.05, 0) is 19.4 Å². The van der Waals surface area contributed by atoms with E-state index in [1.165, 1.54) is 4.68 Å². The maximum atomic E-state index is 11.5. The Hall–Kier alpha value is -1.65. The third-order valence-corrected chi connectivity index (χ3v) is 2.01. The van der Waals surface area contributed by atoms with Gasteiger partial charge in [0.1, 0.15) is 11.7 Å². The molecule has 0 aliphatic carbocycles. The second kappa shape index (κ2) is 5.29. The van der Waals surface area contributed by atoms with Crippen LogP contribution < -0.4 is 0 Å². The van der Waals surface area contributed by atoms with Crippen LogP contribution in [0.5, 0.6) is 0 Å². The highest BCUT2D eigenvalue weighted by Gasteiger charge is 2.20. The molecular weight excluding hydrogens is 196 g/mol.